The maximum absolute atomic E-state index is 13.5. The average Bonchev–Trinajstić information content (AvgIpc) is 2.69. The van der Waals surface area contributed by atoms with E-state index >= 15 is 0 Å². The molecule has 1 amide bonds. The Balaban J connectivity index is 2.01. The van der Waals surface area contributed by atoms with Crippen molar-refractivity contribution in [3.05, 3.63) is 57.6 Å². The predicted molar refractivity (Wildman–Crippen MR) is 123 cm³/mol. The minimum atomic E-state index is -3.89. The summed E-state index contributed by atoms with van der Waals surface area (Å²) in [4.78, 5) is 15.3. The number of ether oxygens (including phenoxy) is 1. The minimum Gasteiger partial charge on any atom is -0.372 e. The molecule has 0 radical (unpaired) electrons. The summed E-state index contributed by atoms with van der Waals surface area (Å²) in [5, 5.41) is 0. The normalized spacial score (nSPS) is 19.4. The first kappa shape index (κ1) is 23.3. The van der Waals surface area contributed by atoms with Crippen LogP contribution < -0.4 is 4.72 Å². The summed E-state index contributed by atoms with van der Waals surface area (Å²) < 4.78 is 35.3. The molecule has 2 atom stereocenters. The molecule has 3 rings (SSSR count). The summed E-state index contributed by atoms with van der Waals surface area (Å²) in [6.07, 6.45) is -0.138. The van der Waals surface area contributed by atoms with Crippen LogP contribution in [-0.2, 0) is 14.8 Å². The van der Waals surface area contributed by atoms with Crippen LogP contribution in [0.4, 0.5) is 5.69 Å². The van der Waals surface area contributed by atoms with Crippen LogP contribution in [0.3, 0.4) is 0 Å². The molecule has 2 aromatic carbocycles. The van der Waals surface area contributed by atoms with Gasteiger partial charge in [0.05, 0.1) is 28.4 Å². The van der Waals surface area contributed by atoms with Gasteiger partial charge in [0.15, 0.2) is 0 Å². The number of nitrogens with zero attached hydrogens (tertiary/aromatic N) is 1. The second kappa shape index (κ2) is 8.63. The Morgan fingerprint density at radius 1 is 0.903 bits per heavy atom. The van der Waals surface area contributed by atoms with Gasteiger partial charge < -0.3 is 9.64 Å². The average molecular weight is 445 g/mol. The molecule has 1 fully saturated rings. The molecule has 1 aliphatic rings. The molecule has 0 aromatic heterocycles. The van der Waals surface area contributed by atoms with Gasteiger partial charge in [0.1, 0.15) is 0 Å². The Hall–Kier alpha value is -2.38. The lowest BCUT2D eigenvalue weighted by molar-refractivity contribution is -0.0585. The second-order valence-electron chi connectivity index (χ2n) is 8.57. The molecule has 7 heteroatoms. The first-order chi connectivity index (χ1) is 14.4. The van der Waals surface area contributed by atoms with E-state index in [0.29, 0.717) is 18.7 Å². The first-order valence-electron chi connectivity index (χ1n) is 10.6. The number of carbonyl (C=O) groups excluding carboxylic acids is 1. The van der Waals surface area contributed by atoms with Gasteiger partial charge in [-0.1, -0.05) is 12.1 Å². The lowest BCUT2D eigenvalue weighted by atomic mass is 9.95. The minimum absolute atomic E-state index is 0.0691. The van der Waals surface area contributed by atoms with E-state index in [-0.39, 0.29) is 28.7 Å². The van der Waals surface area contributed by atoms with Gasteiger partial charge in [-0.2, -0.15) is 0 Å². The highest BCUT2D eigenvalue weighted by Gasteiger charge is 2.29. The number of nitrogens with one attached hydrogen (secondary N) is 1. The maximum Gasteiger partial charge on any atom is 0.262 e. The van der Waals surface area contributed by atoms with Crippen LogP contribution in [0.1, 0.15) is 52.0 Å². The largest absolute Gasteiger partial charge is 0.372 e. The number of benzene rings is 2. The van der Waals surface area contributed by atoms with E-state index in [1.54, 1.807) is 29.2 Å². The predicted octanol–water partition coefficient (Wildman–Crippen LogP) is 4.28. The van der Waals surface area contributed by atoms with Crippen molar-refractivity contribution in [3.8, 4) is 0 Å². The zero-order chi connectivity index (χ0) is 23.1. The van der Waals surface area contributed by atoms with E-state index < -0.39 is 10.0 Å². The smallest absolute Gasteiger partial charge is 0.262 e. The third kappa shape index (κ3) is 4.48. The van der Waals surface area contributed by atoms with Crippen molar-refractivity contribution >= 4 is 21.6 Å². The Bertz CT molecular complexity index is 1090. The number of anilines is 1. The van der Waals surface area contributed by atoms with Crippen LogP contribution in [0.2, 0.25) is 0 Å². The van der Waals surface area contributed by atoms with Crippen molar-refractivity contribution in [2.45, 2.75) is 65.6 Å². The van der Waals surface area contributed by atoms with E-state index in [9.17, 15) is 13.2 Å². The molecular formula is C24H32N2O4S. The molecule has 0 bridgehead atoms. The monoisotopic (exact) mass is 444 g/mol. The Morgan fingerprint density at radius 3 is 1.94 bits per heavy atom. The summed E-state index contributed by atoms with van der Waals surface area (Å²) in [5.74, 6) is -0.204. The van der Waals surface area contributed by atoms with Crippen molar-refractivity contribution in [1.82, 2.24) is 4.90 Å². The van der Waals surface area contributed by atoms with Gasteiger partial charge in [-0.15, -0.1) is 0 Å². The van der Waals surface area contributed by atoms with Gasteiger partial charge in [-0.25, -0.2) is 8.42 Å². The van der Waals surface area contributed by atoms with E-state index in [0.717, 1.165) is 27.8 Å². The molecule has 0 spiro atoms. The van der Waals surface area contributed by atoms with Crippen LogP contribution in [0, 0.1) is 34.6 Å². The third-order valence-electron chi connectivity index (χ3n) is 6.31. The Labute approximate surface area is 185 Å². The fraction of sp³-hybridized carbons (Fsp3) is 0.458. The van der Waals surface area contributed by atoms with Crippen LogP contribution in [0.15, 0.2) is 29.2 Å². The maximum atomic E-state index is 13.5. The lowest BCUT2D eigenvalue weighted by Gasteiger charge is -2.35. The zero-order valence-corrected chi connectivity index (χ0v) is 20.2. The van der Waals surface area contributed by atoms with E-state index in [1.165, 1.54) is 0 Å². The highest BCUT2D eigenvalue weighted by Crippen LogP contribution is 2.31. The van der Waals surface area contributed by atoms with Crippen LogP contribution >= 0.6 is 0 Å². The fourth-order valence-corrected chi connectivity index (χ4v) is 6.02. The van der Waals surface area contributed by atoms with Gasteiger partial charge in [0.2, 0.25) is 0 Å². The topological polar surface area (TPSA) is 75.7 Å². The SMILES string of the molecule is Cc1c(C)c(C)c(S(=O)(=O)Nc2ccccc2C(=O)N2C[C@@H](C)O[C@@H](C)C2)c(C)c1C. The van der Waals surface area contributed by atoms with E-state index in [1.807, 2.05) is 48.5 Å². The molecule has 1 aliphatic heterocycles. The van der Waals surface area contributed by atoms with Gasteiger partial charge in [0.25, 0.3) is 15.9 Å². The quantitative estimate of drug-likeness (QED) is 0.764. The molecule has 6 nitrogen and oxygen atoms in total. The highest BCUT2D eigenvalue weighted by atomic mass is 32.2. The van der Waals surface area contributed by atoms with Crippen molar-refractivity contribution in [2.75, 3.05) is 17.8 Å². The molecule has 1 heterocycles. The Kier molecular flexibility index (Phi) is 6.48. The van der Waals surface area contributed by atoms with Crippen LogP contribution in [-0.4, -0.2) is 44.5 Å². The van der Waals surface area contributed by atoms with Crippen molar-refractivity contribution in [2.24, 2.45) is 0 Å². The molecule has 1 N–H and O–H groups in total. The zero-order valence-electron chi connectivity index (χ0n) is 19.4. The summed E-state index contributed by atoms with van der Waals surface area (Å²) in [5.41, 5.74) is 5.10. The molecule has 31 heavy (non-hydrogen) atoms. The summed E-state index contributed by atoms with van der Waals surface area (Å²) in [6, 6.07) is 6.77. The molecule has 0 saturated carbocycles. The molecule has 0 unspecified atom stereocenters. The first-order valence-corrected chi connectivity index (χ1v) is 12.1. The fourth-order valence-electron chi connectivity index (χ4n) is 4.34. The van der Waals surface area contributed by atoms with E-state index in [2.05, 4.69) is 4.72 Å². The molecule has 0 aliphatic carbocycles. The number of para-hydroxylation sites is 1. The second-order valence-corrected chi connectivity index (χ2v) is 10.2. The number of hydrogen-bond donors (Lipinski definition) is 1. The summed E-state index contributed by atoms with van der Waals surface area (Å²) in [6.45, 7) is 14.3. The number of rotatable bonds is 4. The van der Waals surface area contributed by atoms with Crippen molar-refractivity contribution < 1.29 is 17.9 Å². The summed E-state index contributed by atoms with van der Waals surface area (Å²) >= 11 is 0. The number of morpholine rings is 1. The van der Waals surface area contributed by atoms with Gasteiger partial charge in [-0.05, 0) is 88.4 Å². The van der Waals surface area contributed by atoms with Crippen molar-refractivity contribution in [3.63, 3.8) is 0 Å². The molecule has 168 valence electrons. The molecule has 2 aromatic rings. The third-order valence-corrected chi connectivity index (χ3v) is 7.95. The number of amides is 1. The van der Waals surface area contributed by atoms with Crippen LogP contribution in [0.5, 0.6) is 0 Å². The van der Waals surface area contributed by atoms with Gasteiger partial charge in [0, 0.05) is 13.1 Å². The molecule has 1 saturated heterocycles. The number of sulfonamides is 1. The van der Waals surface area contributed by atoms with E-state index in [4.69, 9.17) is 4.74 Å². The number of hydrogen-bond acceptors (Lipinski definition) is 4. The number of carbonyl (C=O) groups is 1. The van der Waals surface area contributed by atoms with Crippen molar-refractivity contribution in [1.29, 1.82) is 0 Å². The van der Waals surface area contributed by atoms with Crippen LogP contribution in [0.25, 0.3) is 0 Å². The highest BCUT2D eigenvalue weighted by molar-refractivity contribution is 7.92. The van der Waals surface area contributed by atoms with Gasteiger partial charge >= 0.3 is 0 Å². The lowest BCUT2D eigenvalue weighted by Crippen LogP contribution is -2.48. The molecular weight excluding hydrogens is 412 g/mol. The van der Waals surface area contributed by atoms with Gasteiger partial charge in [-0.3, -0.25) is 9.52 Å². The standard InChI is InChI=1S/C24H32N2O4S/c1-14-12-26(13-15(2)30-14)24(27)21-10-8-9-11-22(21)25-31(28,29)23-19(6)17(4)16(3)18(5)20(23)7/h8-11,14-15,25H,12-13H2,1-7H3/t14-,15+. The summed E-state index contributed by atoms with van der Waals surface area (Å²) in [7, 11) is -3.89. The Morgan fingerprint density at radius 2 is 1.39 bits per heavy atom.